The Labute approximate surface area is 147 Å². The van der Waals surface area contributed by atoms with Crippen LogP contribution in [-0.2, 0) is 6.42 Å². The first-order chi connectivity index (χ1) is 13.8. The molecule has 1 aromatic heterocycles. The molecule has 0 unspecified atom stereocenters. The summed E-state index contributed by atoms with van der Waals surface area (Å²) in [5.41, 5.74) is 0.808. The first kappa shape index (κ1) is 10.6. The Morgan fingerprint density at radius 1 is 1.25 bits per heavy atom. The second kappa shape index (κ2) is 7.41. The minimum absolute atomic E-state index is 0.0270. The molecule has 122 valence electrons. The molecule has 0 aliphatic rings. The summed E-state index contributed by atoms with van der Waals surface area (Å²) in [6.45, 7) is 1.95. The number of para-hydroxylation sites is 1. The number of hydrogen-bond acceptors (Lipinski definition) is 3. The Morgan fingerprint density at radius 3 is 2.75 bits per heavy atom. The minimum Gasteiger partial charge on any atom is -0.308 e. The maximum atomic E-state index is 12.2. The average Bonchev–Trinajstić information content (AvgIpc) is 3.17. The van der Waals surface area contributed by atoms with Crippen LogP contribution < -0.4 is 15.3 Å². The third-order valence-corrected chi connectivity index (χ3v) is 3.28. The number of anilines is 2. The highest BCUT2D eigenvalue weighted by atomic mass is 16.5. The van der Waals surface area contributed by atoms with E-state index in [1.165, 1.54) is 6.20 Å². The predicted molar refractivity (Wildman–Crippen MR) is 90.6 cm³/mol. The van der Waals surface area contributed by atoms with Crippen LogP contribution in [-0.4, -0.2) is 11.3 Å². The van der Waals surface area contributed by atoms with Gasteiger partial charge in [-0.3, -0.25) is 9.84 Å². The molecule has 0 fully saturated rings. The van der Waals surface area contributed by atoms with Gasteiger partial charge in [0.1, 0.15) is 0 Å². The Hall–Kier alpha value is -3.15. The molecule has 0 saturated heterocycles. The third-order valence-electron chi connectivity index (χ3n) is 3.28. The van der Waals surface area contributed by atoms with E-state index in [1.807, 2.05) is 37.3 Å². The van der Waals surface area contributed by atoms with Crippen molar-refractivity contribution in [3.8, 4) is 0 Å². The average molecular weight is 328 g/mol. The number of aromatic nitrogens is 2. The van der Waals surface area contributed by atoms with E-state index in [2.05, 4.69) is 15.9 Å². The number of nitrogens with zero attached hydrogens (tertiary/aromatic N) is 2. The molecule has 6 heteroatoms. The summed E-state index contributed by atoms with van der Waals surface area (Å²) in [7, 11) is 0. The Balaban J connectivity index is 1.68. The molecule has 1 heterocycles. The van der Waals surface area contributed by atoms with Gasteiger partial charge in [-0.2, -0.15) is 0 Å². The molecule has 0 bridgehead atoms. The molecule has 0 spiro atoms. The summed E-state index contributed by atoms with van der Waals surface area (Å²) in [5, 5.41) is 8.56. The van der Waals surface area contributed by atoms with Crippen molar-refractivity contribution in [3.05, 3.63) is 72.3 Å². The van der Waals surface area contributed by atoms with Gasteiger partial charge in [0, 0.05) is 19.0 Å². The molecule has 0 radical (unpaired) electrons. The van der Waals surface area contributed by atoms with E-state index in [0.717, 1.165) is 5.56 Å². The monoisotopic (exact) mass is 328 g/mol. The van der Waals surface area contributed by atoms with Crippen LogP contribution in [0, 0.1) is 0 Å². The van der Waals surface area contributed by atoms with E-state index < -0.39 is 36.2 Å². The van der Waals surface area contributed by atoms with Crippen molar-refractivity contribution in [2.24, 2.45) is 0 Å². The summed E-state index contributed by atoms with van der Waals surface area (Å²) in [6.07, 6.45) is 2.22. The summed E-state index contributed by atoms with van der Waals surface area (Å²) in [4.78, 5) is 12.2. The maximum Gasteiger partial charge on any atom is 0.326 e. The molecule has 2 N–H and O–H groups in total. The molecule has 1 atom stereocenters. The van der Waals surface area contributed by atoms with Crippen molar-refractivity contribution in [3.63, 3.8) is 0 Å². The molecule has 3 aromatic rings. The highest BCUT2D eigenvalue weighted by molar-refractivity contribution is 5.98. The summed E-state index contributed by atoms with van der Waals surface area (Å²) in [5.74, 6) is 0.0507. The predicted octanol–water partition coefficient (Wildman–Crippen LogP) is 3.41. The molecule has 6 nitrogen and oxygen atoms in total. The number of nitrogens with one attached hydrogen (secondary N) is 2. The lowest BCUT2D eigenvalue weighted by atomic mass is 10.1. The first-order valence-corrected chi connectivity index (χ1v) is 7.35. The topological polar surface area (TPSA) is 71.0 Å². The summed E-state index contributed by atoms with van der Waals surface area (Å²) < 4.78 is 45.1. The third kappa shape index (κ3) is 4.19. The maximum absolute atomic E-state index is 12.2. The van der Waals surface area contributed by atoms with Crippen molar-refractivity contribution < 1.29 is 20.9 Å². The zero-order valence-corrected chi connectivity index (χ0v) is 13.0. The number of carbonyl (C=O) groups is 1. The van der Waals surface area contributed by atoms with Crippen molar-refractivity contribution in [2.75, 3.05) is 10.6 Å². The molecule has 2 aromatic carbocycles. The van der Waals surface area contributed by atoms with Crippen molar-refractivity contribution >= 4 is 17.6 Å². The van der Waals surface area contributed by atoms with Gasteiger partial charge in [-0.1, -0.05) is 48.5 Å². The number of rotatable bonds is 5. The van der Waals surface area contributed by atoms with Crippen LogP contribution >= 0.6 is 0 Å². The molecule has 2 amide bonds. The number of amides is 2. The van der Waals surface area contributed by atoms with Gasteiger partial charge in [0.15, 0.2) is 6.04 Å². The Morgan fingerprint density at radius 2 is 2.00 bits per heavy atom. The highest BCUT2D eigenvalue weighted by Gasteiger charge is 2.20. The van der Waals surface area contributed by atoms with E-state index in [4.69, 9.17) is 11.4 Å². The van der Waals surface area contributed by atoms with Crippen LogP contribution in [0.15, 0.2) is 71.3 Å². The fraction of sp³-hybridized carbons (Fsp3) is 0.167. The Kier molecular flexibility index (Phi) is 3.27. The van der Waals surface area contributed by atoms with Gasteiger partial charge in [0.2, 0.25) is 5.27 Å². The zero-order chi connectivity index (χ0) is 21.1. The molecule has 3 rings (SSSR count). The van der Waals surface area contributed by atoms with Crippen LogP contribution in [0.4, 0.5) is 16.4 Å². The number of hydrogen-bond donors (Lipinski definition) is 2. The van der Waals surface area contributed by atoms with Crippen LogP contribution in [0.2, 0.25) is 0 Å². The van der Waals surface area contributed by atoms with Crippen LogP contribution in [0.3, 0.4) is 0 Å². The van der Waals surface area contributed by atoms with Gasteiger partial charge < -0.3 is 5.32 Å². The van der Waals surface area contributed by atoms with Gasteiger partial charge in [-0.25, -0.2) is 4.79 Å². The van der Waals surface area contributed by atoms with Crippen molar-refractivity contribution in [2.45, 2.75) is 19.4 Å². The lowest BCUT2D eigenvalue weighted by Crippen LogP contribution is -2.40. The van der Waals surface area contributed by atoms with E-state index >= 15 is 0 Å². The van der Waals surface area contributed by atoms with Crippen LogP contribution in [0.1, 0.15) is 25.4 Å². The smallest absolute Gasteiger partial charge is 0.308 e. The van der Waals surface area contributed by atoms with E-state index in [0.29, 0.717) is 6.42 Å². The quantitative estimate of drug-likeness (QED) is 0.705. The normalized spacial score (nSPS) is 14.6. The molecule has 0 aliphatic carbocycles. The second-order valence-corrected chi connectivity index (χ2v) is 5.16. The highest BCUT2D eigenvalue weighted by Crippen LogP contribution is 2.10. The first-order valence-electron chi connectivity index (χ1n) is 9.85. The van der Waals surface area contributed by atoms with Crippen molar-refractivity contribution in [1.29, 1.82) is 0 Å². The lowest BCUT2D eigenvalue weighted by molar-refractivity contribution is -0.782. The van der Waals surface area contributed by atoms with Crippen molar-refractivity contribution in [1.82, 2.24) is 5.27 Å². The lowest BCUT2D eigenvalue weighted by Gasteiger charge is -2.03. The van der Waals surface area contributed by atoms with E-state index in [9.17, 15) is 4.79 Å². The summed E-state index contributed by atoms with van der Waals surface area (Å²) >= 11 is 0. The van der Waals surface area contributed by atoms with E-state index in [-0.39, 0.29) is 17.6 Å². The molecule has 24 heavy (non-hydrogen) atoms. The van der Waals surface area contributed by atoms with Gasteiger partial charge in [0.05, 0.1) is 6.85 Å². The molecule has 0 aliphatic heterocycles. The second-order valence-electron chi connectivity index (χ2n) is 5.16. The van der Waals surface area contributed by atoms with Gasteiger partial charge >= 0.3 is 11.9 Å². The minimum atomic E-state index is -0.817. The van der Waals surface area contributed by atoms with Gasteiger partial charge in [0.25, 0.3) is 6.20 Å². The fourth-order valence-electron chi connectivity index (χ4n) is 2.14. The van der Waals surface area contributed by atoms with Gasteiger partial charge in [-0.05, 0) is 22.3 Å². The number of urea groups is 1. The van der Waals surface area contributed by atoms with Gasteiger partial charge in [-0.15, -0.1) is 0 Å². The molecule has 0 saturated carbocycles. The largest absolute Gasteiger partial charge is 0.326 e. The number of carbonyl (C=O) groups excluding carboxylic acids is 1. The zero-order valence-electron chi connectivity index (χ0n) is 18.0. The van der Waals surface area contributed by atoms with Crippen LogP contribution in [0.25, 0.3) is 0 Å². The number of benzene rings is 2. The molecular weight excluding hydrogens is 304 g/mol. The fourth-order valence-corrected chi connectivity index (χ4v) is 2.14. The van der Waals surface area contributed by atoms with E-state index in [1.54, 1.807) is 4.68 Å². The Bertz CT molecular complexity index is 1010. The standard InChI is InChI=1S/C18H18N4O2/c1-14(12-15-8-4-2-5-9-15)22-13-17(24-21-22)20-18(23)19-16-10-6-3-7-11-16/h2-11,13-14H,12H2,1H3,(H-,19,20,21,23)/p+1/t14-/m0/s1/i3D,6D,7D,10D,11D. The summed E-state index contributed by atoms with van der Waals surface area (Å²) in [6, 6.07) is 6.39. The SMILES string of the molecule is [2H]c1c([2H])c([2H])c(NC(=O)Nc2c[n+]([C@@H](C)Cc3ccccc3)no2)c([2H])c1[2H]. The van der Waals surface area contributed by atoms with Crippen LogP contribution in [0.5, 0.6) is 0 Å². The molecular formula is C18H19N4O2+.